The van der Waals surface area contributed by atoms with Gasteiger partial charge in [-0.05, 0) is 5.56 Å². The van der Waals surface area contributed by atoms with Gasteiger partial charge in [-0.25, -0.2) is 4.98 Å². The minimum Gasteiger partial charge on any atom is -0.357 e. The number of non-ortho nitro benzene ring substituents is 1. The Hall–Kier alpha value is -2.16. The van der Waals surface area contributed by atoms with E-state index in [9.17, 15) is 23.3 Å². The molecule has 2 rings (SSSR count). The number of hydrogen-bond acceptors (Lipinski definition) is 5. The molecule has 106 valence electrons. The monoisotopic (exact) mass is 303 g/mol. The van der Waals surface area contributed by atoms with Gasteiger partial charge in [-0.3, -0.25) is 10.1 Å². The molecule has 0 bridgehead atoms. The molecule has 0 spiro atoms. The highest BCUT2D eigenvalue weighted by atomic mass is 32.1. The first-order valence-corrected chi connectivity index (χ1v) is 6.18. The van der Waals surface area contributed by atoms with Gasteiger partial charge in [0.25, 0.3) is 5.69 Å². The number of nitrogens with zero attached hydrogens (tertiary/aromatic N) is 2. The molecule has 1 heterocycles. The molecule has 0 aliphatic rings. The first-order chi connectivity index (χ1) is 9.36. The number of nitro benzene ring substituents is 1. The van der Waals surface area contributed by atoms with E-state index in [1.807, 2.05) is 0 Å². The molecule has 0 saturated heterocycles. The molecule has 0 unspecified atom stereocenters. The molecule has 2 aromatic rings. The molecular weight excluding hydrogens is 295 g/mol. The van der Waals surface area contributed by atoms with Crippen LogP contribution in [0.1, 0.15) is 10.4 Å². The minimum absolute atomic E-state index is 0.0700. The highest BCUT2D eigenvalue weighted by Crippen LogP contribution is 2.35. The van der Waals surface area contributed by atoms with Gasteiger partial charge < -0.3 is 5.32 Å². The van der Waals surface area contributed by atoms with E-state index >= 15 is 0 Å². The molecule has 5 nitrogen and oxygen atoms in total. The second-order valence-electron chi connectivity index (χ2n) is 3.81. The maximum Gasteiger partial charge on any atom is 0.427 e. The van der Waals surface area contributed by atoms with Crippen LogP contribution in [0.15, 0.2) is 30.5 Å². The van der Waals surface area contributed by atoms with Crippen molar-refractivity contribution < 1.29 is 18.1 Å². The van der Waals surface area contributed by atoms with Gasteiger partial charge in [0.15, 0.2) is 5.13 Å². The summed E-state index contributed by atoms with van der Waals surface area (Å²) in [6, 6.07) is 5.84. The molecule has 1 aromatic carbocycles. The van der Waals surface area contributed by atoms with Crippen molar-refractivity contribution in [3.8, 4) is 0 Å². The Bertz CT molecular complexity index is 627. The van der Waals surface area contributed by atoms with Crippen LogP contribution in [0.2, 0.25) is 0 Å². The number of benzene rings is 1. The zero-order valence-electron chi connectivity index (χ0n) is 9.85. The first-order valence-electron chi connectivity index (χ1n) is 5.36. The Morgan fingerprint density at radius 2 is 2.15 bits per heavy atom. The van der Waals surface area contributed by atoms with Crippen molar-refractivity contribution >= 4 is 22.2 Å². The van der Waals surface area contributed by atoms with Gasteiger partial charge in [-0.15, -0.1) is 0 Å². The fraction of sp³-hybridized carbons (Fsp3) is 0.182. The molecule has 1 N–H and O–H groups in total. The zero-order valence-corrected chi connectivity index (χ0v) is 10.7. The van der Waals surface area contributed by atoms with E-state index in [1.54, 1.807) is 6.07 Å². The number of aromatic nitrogens is 1. The molecule has 0 radical (unpaired) electrons. The van der Waals surface area contributed by atoms with Crippen LogP contribution in [-0.4, -0.2) is 9.91 Å². The molecule has 20 heavy (non-hydrogen) atoms. The molecule has 0 aliphatic heterocycles. The summed E-state index contributed by atoms with van der Waals surface area (Å²) >= 11 is 0.488. The quantitative estimate of drug-likeness (QED) is 0.691. The topological polar surface area (TPSA) is 68.1 Å². The molecular formula is C11H8F3N3O2S. The van der Waals surface area contributed by atoms with Gasteiger partial charge in [0.05, 0.1) is 11.1 Å². The highest BCUT2D eigenvalue weighted by molar-refractivity contribution is 7.15. The van der Waals surface area contributed by atoms with Crippen LogP contribution in [0, 0.1) is 10.1 Å². The third-order valence-electron chi connectivity index (χ3n) is 2.35. The van der Waals surface area contributed by atoms with Crippen molar-refractivity contribution in [3.63, 3.8) is 0 Å². The molecule has 1 aromatic heterocycles. The molecule has 9 heteroatoms. The summed E-state index contributed by atoms with van der Waals surface area (Å²) in [5.41, 5.74) is 0.516. The van der Waals surface area contributed by atoms with Crippen molar-refractivity contribution in [2.45, 2.75) is 12.7 Å². The second-order valence-corrected chi connectivity index (χ2v) is 4.84. The van der Waals surface area contributed by atoms with Crippen LogP contribution in [0.4, 0.5) is 24.0 Å². The smallest absolute Gasteiger partial charge is 0.357 e. The summed E-state index contributed by atoms with van der Waals surface area (Å²) in [4.78, 5) is 12.9. The van der Waals surface area contributed by atoms with Crippen LogP contribution >= 0.6 is 11.3 Å². The first kappa shape index (κ1) is 14.3. The Balaban J connectivity index is 2.04. The zero-order chi connectivity index (χ0) is 14.8. The van der Waals surface area contributed by atoms with Crippen molar-refractivity contribution in [1.29, 1.82) is 0 Å². The molecule has 0 fully saturated rings. The number of rotatable bonds is 4. The summed E-state index contributed by atoms with van der Waals surface area (Å²) in [6.07, 6.45) is -3.66. The minimum atomic E-state index is -4.41. The Kier molecular flexibility index (Phi) is 3.89. The van der Waals surface area contributed by atoms with E-state index < -0.39 is 16.0 Å². The van der Waals surface area contributed by atoms with E-state index in [2.05, 4.69) is 10.3 Å². The van der Waals surface area contributed by atoms with E-state index in [0.29, 0.717) is 16.9 Å². The highest BCUT2D eigenvalue weighted by Gasteiger charge is 2.33. The van der Waals surface area contributed by atoms with Crippen LogP contribution in [0.5, 0.6) is 0 Å². The van der Waals surface area contributed by atoms with Gasteiger partial charge in [0.1, 0.15) is 4.88 Å². The number of thiazole rings is 1. The van der Waals surface area contributed by atoms with E-state index in [0.717, 1.165) is 6.20 Å². The largest absolute Gasteiger partial charge is 0.427 e. The normalized spacial score (nSPS) is 11.3. The third kappa shape index (κ3) is 3.44. The standard InChI is InChI=1S/C11H8F3N3O2S/c12-11(13,14)9-6-16-10(20-9)15-5-7-2-1-3-8(4-7)17(18)19/h1-4,6H,5H2,(H,15,16). The molecule has 0 aliphatic carbocycles. The lowest BCUT2D eigenvalue weighted by molar-refractivity contribution is -0.384. The van der Waals surface area contributed by atoms with Gasteiger partial charge >= 0.3 is 6.18 Å². The van der Waals surface area contributed by atoms with E-state index in [4.69, 9.17) is 0 Å². The third-order valence-corrected chi connectivity index (χ3v) is 3.35. The van der Waals surface area contributed by atoms with E-state index in [-0.39, 0.29) is 17.4 Å². The predicted octanol–water partition coefficient (Wildman–Crippen LogP) is 3.68. The van der Waals surface area contributed by atoms with Gasteiger partial charge in [-0.1, -0.05) is 23.5 Å². The Morgan fingerprint density at radius 1 is 1.40 bits per heavy atom. The lowest BCUT2D eigenvalue weighted by Crippen LogP contribution is -2.01. The number of hydrogen-bond donors (Lipinski definition) is 1. The Morgan fingerprint density at radius 3 is 2.75 bits per heavy atom. The maximum absolute atomic E-state index is 12.4. The summed E-state index contributed by atoms with van der Waals surface area (Å²) in [5, 5.41) is 13.4. The number of anilines is 1. The number of nitrogens with one attached hydrogen (secondary N) is 1. The molecule has 0 atom stereocenters. The van der Waals surface area contributed by atoms with Gasteiger partial charge in [-0.2, -0.15) is 13.2 Å². The molecule has 0 amide bonds. The fourth-order valence-electron chi connectivity index (χ4n) is 1.44. The summed E-state index contributed by atoms with van der Waals surface area (Å²) in [5.74, 6) is 0. The number of halogens is 3. The van der Waals surface area contributed by atoms with Crippen LogP contribution in [0.25, 0.3) is 0 Å². The van der Waals surface area contributed by atoms with Crippen molar-refractivity contribution in [3.05, 3.63) is 51.0 Å². The van der Waals surface area contributed by atoms with Crippen molar-refractivity contribution in [2.75, 3.05) is 5.32 Å². The SMILES string of the molecule is O=[N+]([O-])c1cccc(CNc2ncc(C(F)(F)F)s2)c1. The fourth-order valence-corrected chi connectivity index (χ4v) is 2.12. The van der Waals surface area contributed by atoms with Gasteiger partial charge in [0, 0.05) is 18.7 Å². The Labute approximate surface area is 115 Å². The lowest BCUT2D eigenvalue weighted by atomic mass is 10.2. The van der Waals surface area contributed by atoms with Crippen LogP contribution < -0.4 is 5.32 Å². The second kappa shape index (κ2) is 5.45. The van der Waals surface area contributed by atoms with E-state index in [1.165, 1.54) is 18.2 Å². The predicted molar refractivity (Wildman–Crippen MR) is 67.5 cm³/mol. The van der Waals surface area contributed by atoms with Gasteiger partial charge in [0.2, 0.25) is 0 Å². The van der Waals surface area contributed by atoms with Crippen molar-refractivity contribution in [2.24, 2.45) is 0 Å². The average molecular weight is 303 g/mol. The summed E-state index contributed by atoms with van der Waals surface area (Å²) < 4.78 is 37.1. The molecule has 0 saturated carbocycles. The van der Waals surface area contributed by atoms with Crippen molar-refractivity contribution in [1.82, 2.24) is 4.98 Å². The summed E-state index contributed by atoms with van der Waals surface area (Å²) in [7, 11) is 0. The maximum atomic E-state index is 12.4. The van der Waals surface area contributed by atoms with Crippen LogP contribution in [-0.2, 0) is 12.7 Å². The lowest BCUT2D eigenvalue weighted by Gasteiger charge is -2.03. The number of nitro groups is 1. The summed E-state index contributed by atoms with van der Waals surface area (Å²) in [6.45, 7) is 0.159. The van der Waals surface area contributed by atoms with Crippen LogP contribution in [0.3, 0.4) is 0 Å². The average Bonchev–Trinajstić information content (AvgIpc) is 2.85. The number of alkyl halides is 3.